The molecule has 0 saturated heterocycles. The van der Waals surface area contributed by atoms with Gasteiger partial charge in [-0.05, 0) is 70.6 Å². The number of aliphatic hydroxyl groups excluding tert-OH is 1. The highest BCUT2D eigenvalue weighted by Gasteiger charge is 2.44. The van der Waals surface area contributed by atoms with E-state index in [0.29, 0.717) is 12.8 Å². The van der Waals surface area contributed by atoms with Crippen LogP contribution in [0.4, 0.5) is 0 Å². The smallest absolute Gasteiger partial charge is 0.155 e. The molecule has 0 aromatic heterocycles. The highest BCUT2D eigenvalue weighted by Crippen LogP contribution is 2.45. The van der Waals surface area contributed by atoms with Crippen LogP contribution in [0.1, 0.15) is 68.2 Å². The number of ketones is 1. The zero-order valence-corrected chi connectivity index (χ0v) is 22.1. The molecule has 1 fully saturated rings. The van der Waals surface area contributed by atoms with Crippen LogP contribution >= 0.6 is 0 Å². The lowest BCUT2D eigenvalue weighted by atomic mass is 9.65. The van der Waals surface area contributed by atoms with Crippen LogP contribution in [-0.2, 0) is 4.79 Å². The number of carbonyl (C=O) groups excluding carboxylic acids is 1. The molecular formula is C31H42O3. The number of Topliss-reactive ketones (excluding diaryl/α,β-unsaturated/α-hetero) is 1. The van der Waals surface area contributed by atoms with Crippen LogP contribution in [0.25, 0.3) is 0 Å². The zero-order valence-electron chi connectivity index (χ0n) is 22.1. The van der Waals surface area contributed by atoms with Crippen LogP contribution in [-0.4, -0.2) is 27.7 Å². The Morgan fingerprint density at radius 3 is 1.82 bits per heavy atom. The van der Waals surface area contributed by atoms with Gasteiger partial charge in [0.1, 0.15) is 0 Å². The molecule has 0 bridgehead atoms. The zero-order chi connectivity index (χ0) is 25.9. The van der Waals surface area contributed by atoms with Crippen LogP contribution in [0.2, 0.25) is 0 Å². The third-order valence-electron chi connectivity index (χ3n) is 5.85. The number of carbonyl (C=O) groups is 1. The van der Waals surface area contributed by atoms with Crippen LogP contribution in [0.5, 0.6) is 0 Å². The molecule has 0 aromatic carbocycles. The first-order valence-corrected chi connectivity index (χ1v) is 11.9. The van der Waals surface area contributed by atoms with Gasteiger partial charge in [0.2, 0.25) is 0 Å². The third-order valence-corrected chi connectivity index (χ3v) is 5.85. The highest BCUT2D eigenvalue weighted by molar-refractivity contribution is 5.92. The fourth-order valence-electron chi connectivity index (χ4n) is 3.98. The second kappa shape index (κ2) is 13.2. The Hall–Kier alpha value is -2.71. The summed E-state index contributed by atoms with van der Waals surface area (Å²) in [5.41, 5.74) is 6.79. The minimum Gasteiger partial charge on any atom is -0.393 e. The van der Waals surface area contributed by atoms with Crippen molar-refractivity contribution in [3.63, 3.8) is 0 Å². The molecule has 1 rings (SSSR count). The van der Waals surface area contributed by atoms with Crippen molar-refractivity contribution in [2.45, 2.75) is 79.9 Å². The van der Waals surface area contributed by atoms with E-state index in [1.54, 1.807) is 13.8 Å². The first-order valence-electron chi connectivity index (χ1n) is 11.9. The van der Waals surface area contributed by atoms with Crippen molar-refractivity contribution in [3.8, 4) is 0 Å². The van der Waals surface area contributed by atoms with E-state index >= 15 is 0 Å². The van der Waals surface area contributed by atoms with Crippen molar-refractivity contribution in [1.82, 2.24) is 0 Å². The first kappa shape index (κ1) is 29.3. The molecule has 1 aliphatic carbocycles. The summed E-state index contributed by atoms with van der Waals surface area (Å²) in [7, 11) is 0. The van der Waals surface area contributed by atoms with E-state index in [0.717, 1.165) is 27.9 Å². The molecule has 3 nitrogen and oxygen atoms in total. The minimum atomic E-state index is -1.05. The Bertz CT molecular complexity index is 991. The van der Waals surface area contributed by atoms with Gasteiger partial charge in [-0.3, -0.25) is 4.79 Å². The molecule has 2 unspecified atom stereocenters. The molecule has 0 heterocycles. The first-order chi connectivity index (χ1) is 15.7. The molecule has 3 heteroatoms. The topological polar surface area (TPSA) is 57.5 Å². The Morgan fingerprint density at radius 2 is 1.32 bits per heavy atom. The summed E-state index contributed by atoms with van der Waals surface area (Å²) < 4.78 is 0. The second-order valence-corrected chi connectivity index (χ2v) is 10.1. The summed E-state index contributed by atoms with van der Waals surface area (Å²) in [6, 6.07) is 0. The molecule has 1 aliphatic rings. The monoisotopic (exact) mass is 462 g/mol. The molecule has 184 valence electrons. The average molecular weight is 463 g/mol. The summed E-state index contributed by atoms with van der Waals surface area (Å²) in [5, 5.41) is 20.8. The van der Waals surface area contributed by atoms with Crippen molar-refractivity contribution < 1.29 is 15.0 Å². The molecule has 0 aliphatic heterocycles. The average Bonchev–Trinajstić information content (AvgIpc) is 2.68. The van der Waals surface area contributed by atoms with E-state index in [9.17, 15) is 15.0 Å². The molecule has 0 amide bonds. The maximum atomic E-state index is 11.2. The standard InChI is InChI=1S/C31H42O3/c1-23(13-9-10-14-24(2)17-12-18-26(4)27(5)32)15-11-16-25(3)19-20-29-30(6,7)21-28(33)22-31(29,8)34/h9-19,28,33-34H,21-22H2,1-8H3. The van der Waals surface area contributed by atoms with E-state index in [2.05, 4.69) is 5.73 Å². The fraction of sp³-hybridized carbons (Fsp3) is 0.419. The number of allylic oxidation sites excluding steroid dienone is 14. The lowest BCUT2D eigenvalue weighted by Gasteiger charge is -2.43. The lowest BCUT2D eigenvalue weighted by Crippen LogP contribution is -2.45. The number of aliphatic hydroxyl groups is 2. The molecule has 0 aromatic rings. The van der Waals surface area contributed by atoms with E-state index < -0.39 is 11.7 Å². The molecule has 0 radical (unpaired) electrons. The summed E-state index contributed by atoms with van der Waals surface area (Å²) in [6.07, 6.45) is 22.2. The summed E-state index contributed by atoms with van der Waals surface area (Å²) in [4.78, 5) is 11.2. The van der Waals surface area contributed by atoms with Gasteiger partial charge in [-0.1, -0.05) is 85.8 Å². The number of hydrogen-bond donors (Lipinski definition) is 2. The van der Waals surface area contributed by atoms with Gasteiger partial charge in [-0.2, -0.15) is 0 Å². The van der Waals surface area contributed by atoms with Gasteiger partial charge in [-0.25, -0.2) is 0 Å². The Balaban J connectivity index is 2.79. The highest BCUT2D eigenvalue weighted by atomic mass is 16.3. The van der Waals surface area contributed by atoms with Gasteiger partial charge in [0.15, 0.2) is 5.78 Å². The summed E-state index contributed by atoms with van der Waals surface area (Å²) in [5.74, 6) is 0.0833. The molecular weight excluding hydrogens is 420 g/mol. The van der Waals surface area contributed by atoms with Crippen molar-refractivity contribution in [2.75, 3.05) is 0 Å². The molecule has 2 N–H and O–H groups in total. The SMILES string of the molecule is CC(=O)C(C)=CC=CC(C)=CC=CC=C(C)C=CC=C(C)C=C=C1C(C)(C)CC(O)CC1(C)O. The molecule has 2 atom stereocenters. The minimum absolute atomic E-state index is 0.0833. The van der Waals surface area contributed by atoms with Crippen LogP contribution < -0.4 is 0 Å². The van der Waals surface area contributed by atoms with Gasteiger partial charge in [0.05, 0.1) is 11.7 Å². The van der Waals surface area contributed by atoms with Gasteiger partial charge in [0.25, 0.3) is 0 Å². The lowest BCUT2D eigenvalue weighted by molar-refractivity contribution is -0.113. The van der Waals surface area contributed by atoms with E-state index in [1.807, 2.05) is 108 Å². The van der Waals surface area contributed by atoms with Gasteiger partial charge >= 0.3 is 0 Å². The van der Waals surface area contributed by atoms with Gasteiger partial charge in [0, 0.05) is 12.0 Å². The van der Waals surface area contributed by atoms with Gasteiger partial charge < -0.3 is 10.2 Å². The Morgan fingerprint density at radius 1 is 0.824 bits per heavy atom. The van der Waals surface area contributed by atoms with Crippen LogP contribution in [0, 0.1) is 5.41 Å². The second-order valence-electron chi connectivity index (χ2n) is 10.1. The Kier molecular flexibility index (Phi) is 11.4. The third kappa shape index (κ3) is 10.5. The number of hydrogen-bond acceptors (Lipinski definition) is 3. The van der Waals surface area contributed by atoms with E-state index in [-0.39, 0.29) is 11.2 Å². The molecule has 34 heavy (non-hydrogen) atoms. The summed E-state index contributed by atoms with van der Waals surface area (Å²) in [6.45, 7) is 15.3. The molecule has 0 spiro atoms. The fourth-order valence-corrected chi connectivity index (χ4v) is 3.98. The normalized spacial score (nSPS) is 24.9. The predicted octanol–water partition coefficient (Wildman–Crippen LogP) is 7.04. The van der Waals surface area contributed by atoms with E-state index in [1.165, 1.54) is 0 Å². The van der Waals surface area contributed by atoms with Crippen LogP contribution in [0.15, 0.2) is 100 Å². The number of rotatable bonds is 8. The summed E-state index contributed by atoms with van der Waals surface area (Å²) >= 11 is 0. The maximum Gasteiger partial charge on any atom is 0.155 e. The molecule has 1 saturated carbocycles. The van der Waals surface area contributed by atoms with Gasteiger partial charge in [-0.15, -0.1) is 5.73 Å². The predicted molar refractivity (Wildman–Crippen MR) is 144 cm³/mol. The van der Waals surface area contributed by atoms with Crippen molar-refractivity contribution in [2.24, 2.45) is 5.41 Å². The van der Waals surface area contributed by atoms with Crippen molar-refractivity contribution in [1.29, 1.82) is 0 Å². The largest absolute Gasteiger partial charge is 0.393 e. The maximum absolute atomic E-state index is 11.2. The Labute approximate surface area is 206 Å². The quantitative estimate of drug-likeness (QED) is 0.231. The van der Waals surface area contributed by atoms with Crippen LogP contribution in [0.3, 0.4) is 0 Å². The van der Waals surface area contributed by atoms with Crippen molar-refractivity contribution >= 4 is 5.78 Å². The van der Waals surface area contributed by atoms with E-state index in [4.69, 9.17) is 0 Å². The van der Waals surface area contributed by atoms with Crippen molar-refractivity contribution in [3.05, 3.63) is 100 Å².